The number of amides is 2. The Kier molecular flexibility index (Phi) is 5.43. The van der Waals surface area contributed by atoms with Gasteiger partial charge >= 0.3 is 6.03 Å². The maximum atomic E-state index is 12.4. The van der Waals surface area contributed by atoms with E-state index in [1.54, 1.807) is 28.0 Å². The predicted molar refractivity (Wildman–Crippen MR) is 98.0 cm³/mol. The molecule has 1 aliphatic heterocycles. The smallest absolute Gasteiger partial charge is 0.322 e. The number of urea groups is 1. The van der Waals surface area contributed by atoms with E-state index in [-0.39, 0.29) is 18.2 Å². The lowest BCUT2D eigenvalue weighted by Gasteiger charge is -2.35. The molecule has 5 nitrogen and oxygen atoms in total. The van der Waals surface area contributed by atoms with Gasteiger partial charge in [-0.15, -0.1) is 11.3 Å². The van der Waals surface area contributed by atoms with Crippen LogP contribution in [0.4, 0.5) is 10.5 Å². The molecule has 3 rings (SSSR count). The molecule has 1 aliphatic rings. The number of hydrogen-bond acceptors (Lipinski definition) is 5. The van der Waals surface area contributed by atoms with Gasteiger partial charge in [0, 0.05) is 34.7 Å². The van der Waals surface area contributed by atoms with Crippen molar-refractivity contribution in [1.29, 1.82) is 0 Å². The van der Waals surface area contributed by atoms with E-state index in [4.69, 9.17) is 4.74 Å². The van der Waals surface area contributed by atoms with Crippen LogP contribution in [-0.4, -0.2) is 41.2 Å². The molecule has 0 radical (unpaired) electrons. The fourth-order valence-electron chi connectivity index (χ4n) is 2.63. The van der Waals surface area contributed by atoms with E-state index in [0.717, 1.165) is 20.6 Å². The zero-order valence-corrected chi connectivity index (χ0v) is 15.6. The van der Waals surface area contributed by atoms with Gasteiger partial charge in [0.25, 0.3) is 0 Å². The number of nitrogens with one attached hydrogen (secondary N) is 1. The average Bonchev–Trinajstić information content (AvgIpc) is 2.93. The number of anilines is 1. The van der Waals surface area contributed by atoms with Gasteiger partial charge in [0.15, 0.2) is 4.34 Å². The van der Waals surface area contributed by atoms with E-state index in [1.165, 1.54) is 0 Å². The van der Waals surface area contributed by atoms with E-state index >= 15 is 0 Å². The minimum Gasteiger partial charge on any atom is -0.372 e. The molecule has 2 atom stereocenters. The highest BCUT2D eigenvalue weighted by atomic mass is 32.2. The Hall–Kier alpha value is -1.57. The van der Waals surface area contributed by atoms with E-state index in [1.807, 2.05) is 50.4 Å². The molecule has 128 valence electrons. The summed E-state index contributed by atoms with van der Waals surface area (Å²) in [7, 11) is 0. The Bertz CT molecular complexity index is 692. The molecule has 2 aromatic rings. The third kappa shape index (κ3) is 4.49. The van der Waals surface area contributed by atoms with Crippen molar-refractivity contribution < 1.29 is 9.53 Å². The summed E-state index contributed by atoms with van der Waals surface area (Å²) in [6.45, 7) is 7.21. The van der Waals surface area contributed by atoms with E-state index in [2.05, 4.69) is 10.3 Å². The van der Waals surface area contributed by atoms with Crippen molar-refractivity contribution in [2.75, 3.05) is 18.4 Å². The lowest BCUT2D eigenvalue weighted by molar-refractivity contribution is -0.0530. The molecular weight excluding hydrogens is 342 g/mol. The second kappa shape index (κ2) is 7.55. The largest absolute Gasteiger partial charge is 0.372 e. The first-order valence-electron chi connectivity index (χ1n) is 7.91. The molecule has 1 aromatic heterocycles. The molecule has 0 spiro atoms. The van der Waals surface area contributed by atoms with Crippen molar-refractivity contribution >= 4 is 34.8 Å². The topological polar surface area (TPSA) is 54.5 Å². The summed E-state index contributed by atoms with van der Waals surface area (Å²) in [4.78, 5) is 19.7. The van der Waals surface area contributed by atoms with Crippen molar-refractivity contribution in [3.63, 3.8) is 0 Å². The lowest BCUT2D eigenvalue weighted by atomic mass is 10.2. The molecule has 1 N–H and O–H groups in total. The molecule has 0 aliphatic carbocycles. The molecule has 2 heterocycles. The average molecular weight is 364 g/mol. The number of morpholine rings is 1. The SMILES string of the molecule is Cc1csc(Sc2ccc(NC(=O)N3CC(C)OC(C)C3)cc2)n1. The highest BCUT2D eigenvalue weighted by Gasteiger charge is 2.25. The van der Waals surface area contributed by atoms with Gasteiger partial charge in [0.2, 0.25) is 0 Å². The number of hydrogen-bond donors (Lipinski definition) is 1. The van der Waals surface area contributed by atoms with Gasteiger partial charge in [-0.25, -0.2) is 9.78 Å². The van der Waals surface area contributed by atoms with E-state index in [9.17, 15) is 4.79 Å². The van der Waals surface area contributed by atoms with E-state index in [0.29, 0.717) is 13.1 Å². The zero-order chi connectivity index (χ0) is 17.1. The van der Waals surface area contributed by atoms with Crippen LogP contribution >= 0.6 is 23.1 Å². The molecule has 2 unspecified atom stereocenters. The van der Waals surface area contributed by atoms with Crippen LogP contribution in [0.3, 0.4) is 0 Å². The fraction of sp³-hybridized carbons (Fsp3) is 0.412. The minimum atomic E-state index is -0.0760. The number of ether oxygens (including phenoxy) is 1. The molecule has 24 heavy (non-hydrogen) atoms. The Morgan fingerprint density at radius 2 is 1.96 bits per heavy atom. The maximum absolute atomic E-state index is 12.4. The van der Waals surface area contributed by atoms with Crippen LogP contribution in [-0.2, 0) is 4.74 Å². The quantitative estimate of drug-likeness (QED) is 0.886. The van der Waals surface area contributed by atoms with Gasteiger partial charge in [-0.1, -0.05) is 11.8 Å². The summed E-state index contributed by atoms with van der Waals surface area (Å²) in [6, 6.07) is 7.78. The summed E-state index contributed by atoms with van der Waals surface area (Å²) < 4.78 is 6.69. The normalized spacial score (nSPS) is 20.9. The Labute approximate surface area is 150 Å². The standard InChI is InChI=1S/C17H21N3O2S2/c1-11-10-23-17(18-11)24-15-6-4-14(5-7-15)19-16(21)20-8-12(2)22-13(3)9-20/h4-7,10,12-13H,8-9H2,1-3H3,(H,19,21). The predicted octanol–water partition coefficient (Wildman–Crippen LogP) is 4.24. The van der Waals surface area contributed by atoms with Crippen LogP contribution in [0.25, 0.3) is 0 Å². The molecule has 1 aromatic carbocycles. The summed E-state index contributed by atoms with van der Waals surface area (Å²) in [5, 5.41) is 5.00. The third-order valence-corrected chi connectivity index (χ3v) is 5.68. The number of aromatic nitrogens is 1. The van der Waals surface area contributed by atoms with Crippen LogP contribution in [0.2, 0.25) is 0 Å². The maximum Gasteiger partial charge on any atom is 0.322 e. The molecule has 2 amide bonds. The van der Waals surface area contributed by atoms with Crippen molar-refractivity contribution in [3.8, 4) is 0 Å². The second-order valence-corrected chi connectivity index (χ2v) is 8.15. The molecular formula is C17H21N3O2S2. The molecule has 1 fully saturated rings. The van der Waals surface area contributed by atoms with Crippen LogP contribution in [0, 0.1) is 6.92 Å². The first-order valence-corrected chi connectivity index (χ1v) is 9.60. The number of carbonyl (C=O) groups is 1. The van der Waals surface area contributed by atoms with Gasteiger partial charge in [-0.2, -0.15) is 0 Å². The minimum absolute atomic E-state index is 0.0695. The summed E-state index contributed by atoms with van der Waals surface area (Å²) in [5.41, 5.74) is 1.84. The van der Waals surface area contributed by atoms with Gasteiger partial charge < -0.3 is 15.0 Å². The number of thiazole rings is 1. The number of aryl methyl sites for hydroxylation is 1. The zero-order valence-electron chi connectivity index (χ0n) is 14.0. The van der Waals surface area contributed by atoms with E-state index < -0.39 is 0 Å². The van der Waals surface area contributed by atoms with Gasteiger partial charge in [0.1, 0.15) is 0 Å². The van der Waals surface area contributed by atoms with Gasteiger partial charge in [-0.05, 0) is 45.0 Å². The highest BCUT2D eigenvalue weighted by Crippen LogP contribution is 2.30. The van der Waals surface area contributed by atoms with Crippen LogP contribution in [0.5, 0.6) is 0 Å². The summed E-state index contributed by atoms with van der Waals surface area (Å²) in [6.07, 6.45) is 0.139. The van der Waals surface area contributed by atoms with Crippen LogP contribution < -0.4 is 5.32 Å². The first-order chi connectivity index (χ1) is 11.5. The van der Waals surface area contributed by atoms with Crippen molar-refractivity contribution in [2.45, 2.75) is 42.2 Å². The summed E-state index contributed by atoms with van der Waals surface area (Å²) >= 11 is 3.27. The molecule has 0 bridgehead atoms. The number of nitrogens with zero attached hydrogens (tertiary/aromatic N) is 2. The van der Waals surface area contributed by atoms with Gasteiger partial charge in [-0.3, -0.25) is 0 Å². The Balaban J connectivity index is 1.58. The van der Waals surface area contributed by atoms with Crippen molar-refractivity contribution in [3.05, 3.63) is 35.3 Å². The highest BCUT2D eigenvalue weighted by molar-refractivity contribution is 8.01. The molecule has 7 heteroatoms. The number of benzene rings is 1. The monoisotopic (exact) mass is 363 g/mol. The fourth-order valence-corrected chi connectivity index (χ4v) is 4.44. The van der Waals surface area contributed by atoms with Crippen LogP contribution in [0.15, 0.2) is 38.9 Å². The lowest BCUT2D eigenvalue weighted by Crippen LogP contribution is -2.49. The Morgan fingerprint density at radius 3 is 2.54 bits per heavy atom. The first kappa shape index (κ1) is 17.3. The second-order valence-electron chi connectivity index (χ2n) is 5.97. The van der Waals surface area contributed by atoms with Gasteiger partial charge in [0.05, 0.1) is 12.2 Å². The molecule has 1 saturated heterocycles. The van der Waals surface area contributed by atoms with Crippen molar-refractivity contribution in [1.82, 2.24) is 9.88 Å². The van der Waals surface area contributed by atoms with Crippen LogP contribution in [0.1, 0.15) is 19.5 Å². The number of rotatable bonds is 3. The third-order valence-electron chi connectivity index (χ3n) is 3.62. The summed E-state index contributed by atoms with van der Waals surface area (Å²) in [5.74, 6) is 0. The van der Waals surface area contributed by atoms with Crippen molar-refractivity contribution in [2.24, 2.45) is 0 Å². The number of carbonyl (C=O) groups excluding carboxylic acids is 1. The molecule has 0 saturated carbocycles. The Morgan fingerprint density at radius 1 is 1.29 bits per heavy atom.